The van der Waals surface area contributed by atoms with Gasteiger partial charge in [-0.25, -0.2) is 4.79 Å². The molecule has 26 heavy (non-hydrogen) atoms. The Morgan fingerprint density at radius 3 is 2.96 bits per heavy atom. The fourth-order valence-electron chi connectivity index (χ4n) is 3.94. The number of carbonyl (C=O) groups excluding carboxylic acids is 3. The fraction of sp³-hybridized carbons (Fsp3) is 0.421. The van der Waals surface area contributed by atoms with Gasteiger partial charge in [-0.2, -0.15) is 0 Å². The molecular weight excluding hydrogens is 352 g/mol. The van der Waals surface area contributed by atoms with Crippen LogP contribution >= 0.6 is 11.8 Å². The second kappa shape index (κ2) is 6.16. The number of nitrogens with one attached hydrogen (secondary N) is 1. The van der Waals surface area contributed by atoms with Gasteiger partial charge in [-0.1, -0.05) is 18.2 Å². The Morgan fingerprint density at radius 2 is 2.15 bits per heavy atom. The molecule has 2 aliphatic rings. The Labute approximate surface area is 155 Å². The second-order valence-electron chi connectivity index (χ2n) is 6.97. The molecule has 6 nitrogen and oxygen atoms in total. The summed E-state index contributed by atoms with van der Waals surface area (Å²) in [5.41, 5.74) is 2.19. The lowest BCUT2D eigenvalue weighted by molar-refractivity contribution is -0.152. The lowest BCUT2D eigenvalue weighted by Gasteiger charge is -2.29. The number of amides is 1. The zero-order chi connectivity index (χ0) is 18.5. The summed E-state index contributed by atoms with van der Waals surface area (Å²) >= 11 is 1.61. The van der Waals surface area contributed by atoms with Gasteiger partial charge in [-0.05, 0) is 26.3 Å². The van der Waals surface area contributed by atoms with Crippen molar-refractivity contribution in [2.75, 3.05) is 12.4 Å². The molecule has 1 N–H and O–H groups in total. The number of ether oxygens (including phenoxy) is 1. The van der Waals surface area contributed by atoms with Crippen LogP contribution in [0, 0.1) is 6.92 Å². The molecule has 7 heteroatoms. The quantitative estimate of drug-likeness (QED) is 0.659. The molecule has 0 saturated carbocycles. The summed E-state index contributed by atoms with van der Waals surface area (Å²) in [4.78, 5) is 41.8. The maximum atomic E-state index is 12.6. The third kappa shape index (κ3) is 2.61. The number of benzene rings is 1. The number of esters is 1. The molecule has 2 saturated heterocycles. The number of carbonyl (C=O) groups is 3. The fourth-order valence-corrected chi connectivity index (χ4v) is 5.35. The lowest BCUT2D eigenvalue weighted by Crippen LogP contribution is -2.46. The molecule has 2 atom stereocenters. The van der Waals surface area contributed by atoms with Crippen LogP contribution in [0.25, 0.3) is 10.9 Å². The van der Waals surface area contributed by atoms with Gasteiger partial charge in [0.05, 0.1) is 4.87 Å². The van der Waals surface area contributed by atoms with Crippen molar-refractivity contribution >= 4 is 40.3 Å². The van der Waals surface area contributed by atoms with E-state index < -0.39 is 12.0 Å². The molecule has 0 bridgehead atoms. The first kappa shape index (κ1) is 17.1. The van der Waals surface area contributed by atoms with E-state index in [1.165, 1.54) is 0 Å². The Hall–Kier alpha value is -2.28. The van der Waals surface area contributed by atoms with Crippen molar-refractivity contribution in [1.82, 2.24) is 9.88 Å². The number of aromatic amines is 1. The van der Waals surface area contributed by atoms with Gasteiger partial charge in [-0.15, -0.1) is 11.8 Å². The summed E-state index contributed by atoms with van der Waals surface area (Å²) in [7, 11) is 0. The predicted molar refractivity (Wildman–Crippen MR) is 99.1 cm³/mol. The monoisotopic (exact) mass is 372 g/mol. The minimum atomic E-state index is -0.600. The standard InChI is InChI=1S/C19H20N2O4S/c1-11-17(12-5-3-4-6-13(12)20-11)15(22)9-25-18(24)14-10-26-19(2)8-7-16(23)21(14)19/h3-6,14,20H,7-10H2,1-2H3/t14-,19+/m0/s1. The van der Waals surface area contributed by atoms with Gasteiger partial charge < -0.3 is 14.6 Å². The van der Waals surface area contributed by atoms with Gasteiger partial charge >= 0.3 is 5.97 Å². The van der Waals surface area contributed by atoms with Crippen molar-refractivity contribution < 1.29 is 19.1 Å². The molecular formula is C19H20N2O4S. The van der Waals surface area contributed by atoms with E-state index in [2.05, 4.69) is 4.98 Å². The first-order valence-corrected chi connectivity index (χ1v) is 9.62. The highest BCUT2D eigenvalue weighted by molar-refractivity contribution is 8.01. The van der Waals surface area contributed by atoms with Crippen molar-refractivity contribution in [3.05, 3.63) is 35.5 Å². The average molecular weight is 372 g/mol. The summed E-state index contributed by atoms with van der Waals surface area (Å²) in [5.74, 6) is -0.239. The molecule has 2 aromatic rings. The molecule has 2 fully saturated rings. The van der Waals surface area contributed by atoms with Crippen molar-refractivity contribution in [1.29, 1.82) is 0 Å². The minimum Gasteiger partial charge on any atom is -0.456 e. The normalized spacial score (nSPS) is 24.9. The van der Waals surface area contributed by atoms with Crippen LogP contribution in [-0.4, -0.2) is 50.8 Å². The summed E-state index contributed by atoms with van der Waals surface area (Å²) in [6.45, 7) is 3.49. The van der Waals surface area contributed by atoms with E-state index in [0.717, 1.165) is 23.0 Å². The van der Waals surface area contributed by atoms with Crippen LogP contribution in [0.15, 0.2) is 24.3 Å². The molecule has 0 spiro atoms. The number of aryl methyl sites for hydroxylation is 1. The van der Waals surface area contributed by atoms with Crippen LogP contribution in [0.2, 0.25) is 0 Å². The number of rotatable bonds is 4. The highest BCUT2D eigenvalue weighted by Gasteiger charge is 2.53. The van der Waals surface area contributed by atoms with E-state index in [9.17, 15) is 14.4 Å². The lowest BCUT2D eigenvalue weighted by atomic mass is 10.1. The largest absolute Gasteiger partial charge is 0.456 e. The molecule has 0 radical (unpaired) electrons. The van der Waals surface area contributed by atoms with Crippen molar-refractivity contribution in [3.63, 3.8) is 0 Å². The maximum absolute atomic E-state index is 12.6. The Morgan fingerprint density at radius 1 is 1.38 bits per heavy atom. The predicted octanol–water partition coefficient (Wildman–Crippen LogP) is 2.66. The maximum Gasteiger partial charge on any atom is 0.330 e. The smallest absolute Gasteiger partial charge is 0.330 e. The highest BCUT2D eigenvalue weighted by Crippen LogP contribution is 2.47. The number of para-hydroxylation sites is 1. The zero-order valence-corrected chi connectivity index (χ0v) is 15.5. The number of hydrogen-bond donors (Lipinski definition) is 1. The third-order valence-corrected chi connectivity index (χ3v) is 6.74. The van der Waals surface area contributed by atoms with Gasteiger partial charge in [0, 0.05) is 34.3 Å². The number of hydrogen-bond acceptors (Lipinski definition) is 5. The molecule has 1 amide bonds. The Kier molecular flexibility index (Phi) is 4.06. The SMILES string of the molecule is Cc1[nH]c2ccccc2c1C(=O)COC(=O)[C@@H]1CS[C@]2(C)CCC(=O)N12. The first-order chi connectivity index (χ1) is 12.4. The summed E-state index contributed by atoms with van der Waals surface area (Å²) in [5, 5.41) is 0.824. The number of ketones is 1. The van der Waals surface area contributed by atoms with Gasteiger partial charge in [0.2, 0.25) is 11.7 Å². The molecule has 0 unspecified atom stereocenters. The molecule has 3 heterocycles. The van der Waals surface area contributed by atoms with E-state index in [1.807, 2.05) is 38.1 Å². The summed E-state index contributed by atoms with van der Waals surface area (Å²) in [6, 6.07) is 6.94. The number of nitrogens with zero attached hydrogens (tertiary/aromatic N) is 1. The van der Waals surface area contributed by atoms with Crippen molar-refractivity contribution in [3.8, 4) is 0 Å². The molecule has 0 aliphatic carbocycles. The van der Waals surface area contributed by atoms with Gasteiger partial charge in [0.15, 0.2) is 6.61 Å². The zero-order valence-electron chi connectivity index (χ0n) is 14.7. The van der Waals surface area contributed by atoms with Gasteiger partial charge in [0.1, 0.15) is 6.04 Å². The van der Waals surface area contributed by atoms with Crippen LogP contribution in [-0.2, 0) is 14.3 Å². The van der Waals surface area contributed by atoms with E-state index in [1.54, 1.807) is 16.7 Å². The number of Topliss-reactive ketones (excluding diaryl/α,β-unsaturated/α-hetero) is 1. The first-order valence-electron chi connectivity index (χ1n) is 8.64. The molecule has 1 aromatic carbocycles. The number of H-pyrrole nitrogens is 1. The van der Waals surface area contributed by atoms with Crippen LogP contribution in [0.5, 0.6) is 0 Å². The van der Waals surface area contributed by atoms with Crippen molar-refractivity contribution in [2.45, 2.75) is 37.6 Å². The van der Waals surface area contributed by atoms with Gasteiger partial charge in [-0.3, -0.25) is 9.59 Å². The van der Waals surface area contributed by atoms with E-state index in [0.29, 0.717) is 17.7 Å². The Bertz CT molecular complexity index is 921. The average Bonchev–Trinajstić information content (AvgIpc) is 3.23. The molecule has 136 valence electrons. The van der Waals surface area contributed by atoms with Crippen LogP contribution < -0.4 is 0 Å². The summed E-state index contributed by atoms with van der Waals surface area (Å²) < 4.78 is 5.31. The second-order valence-corrected chi connectivity index (χ2v) is 8.47. The topological polar surface area (TPSA) is 79.5 Å². The van der Waals surface area contributed by atoms with E-state index >= 15 is 0 Å². The number of thioether (sulfide) groups is 1. The molecule has 2 aliphatic heterocycles. The van der Waals surface area contributed by atoms with Gasteiger partial charge in [0.25, 0.3) is 0 Å². The summed E-state index contributed by atoms with van der Waals surface area (Å²) in [6.07, 6.45) is 1.20. The minimum absolute atomic E-state index is 0.0155. The number of fused-ring (bicyclic) bond motifs is 2. The van der Waals surface area contributed by atoms with E-state index in [4.69, 9.17) is 4.74 Å². The van der Waals surface area contributed by atoms with E-state index in [-0.39, 0.29) is 23.2 Å². The highest BCUT2D eigenvalue weighted by atomic mass is 32.2. The number of aromatic nitrogens is 1. The molecule has 1 aromatic heterocycles. The van der Waals surface area contributed by atoms with Crippen LogP contribution in [0.3, 0.4) is 0 Å². The van der Waals surface area contributed by atoms with Crippen LogP contribution in [0.4, 0.5) is 0 Å². The Balaban J connectivity index is 1.47. The molecule has 4 rings (SSSR count). The van der Waals surface area contributed by atoms with Crippen LogP contribution in [0.1, 0.15) is 35.8 Å². The third-order valence-electron chi connectivity index (χ3n) is 5.23. The van der Waals surface area contributed by atoms with Crippen molar-refractivity contribution in [2.24, 2.45) is 0 Å².